The zero-order valence-corrected chi connectivity index (χ0v) is 32.9. The van der Waals surface area contributed by atoms with Gasteiger partial charge in [0, 0.05) is 53.9 Å². The Morgan fingerprint density at radius 1 is 0.422 bits per heavy atom. The van der Waals surface area contributed by atoms with Gasteiger partial charge in [-0.2, -0.15) is 0 Å². The minimum absolute atomic E-state index is 0. The van der Waals surface area contributed by atoms with Crippen LogP contribution in [0.5, 0.6) is 0 Å². The predicted molar refractivity (Wildman–Crippen MR) is 129 cm³/mol. The molecule has 3 heterocycles. The Hall–Kier alpha value is -1.81. The van der Waals surface area contributed by atoms with Gasteiger partial charge in [0.2, 0.25) is 0 Å². The molecule has 0 unspecified atom stereocenters. The van der Waals surface area contributed by atoms with E-state index in [1.54, 1.807) is 0 Å². The van der Waals surface area contributed by atoms with Crippen LogP contribution in [0.25, 0.3) is 0 Å². The Morgan fingerprint density at radius 3 is 0.867 bits per heavy atom. The molecule has 3 N–H and O–H groups in total. The van der Waals surface area contributed by atoms with Gasteiger partial charge in [0.1, 0.15) is 17.1 Å². The van der Waals surface area contributed by atoms with E-state index in [0.717, 1.165) is 55.4 Å². The Kier molecular flexibility index (Phi) is 17.5. The monoisotopic (exact) mass is 687 g/mol. The molecule has 4 rings (SSSR count). The molecule has 0 atom stereocenters. The molecule has 45 heavy (non-hydrogen) atoms. The summed E-state index contributed by atoms with van der Waals surface area (Å²) < 4.78 is 0. The number of rotatable bonds is 9. The zero-order chi connectivity index (χ0) is 30.4. The molecule has 0 radical (unpaired) electrons. The second-order valence-electron chi connectivity index (χ2n) is 7.78. The van der Waals surface area contributed by atoms with Crippen LogP contribution in [0.1, 0.15) is 62.5 Å². The molecule has 0 bridgehead atoms. The smallest absolute Gasteiger partial charge is 0.543 e. The van der Waals surface area contributed by atoms with Crippen LogP contribution in [0.15, 0.2) is 55.4 Å². The molecule has 1 aromatic carbocycles. The minimum atomic E-state index is -1.76. The first kappa shape index (κ1) is 41.2. The fourth-order valence-electron chi connectivity index (χ4n) is 3.30. The van der Waals surface area contributed by atoms with Gasteiger partial charge in [-0.1, -0.05) is 0 Å². The van der Waals surface area contributed by atoms with E-state index >= 15 is 0 Å². The standard InChI is InChI=1S/C24H15N9O9.3K/c34-19(31-16-13(22(37)38)25-1-4-28-16)10-7-11(20(35)32-17-14(23(39)40)26-2-5-29-17)9-12(8-10)21(36)33-18-15(24(41)42)27-3-6-30-18;;;/h1-9H,(H,37,38)(H,39,40)(H,41,42)(H,28,31,34)(H,29,32,35)(H,30,33,36);;;/q;3*+1/p-3. The van der Waals surface area contributed by atoms with Crippen LogP contribution in [0.4, 0.5) is 17.5 Å². The van der Waals surface area contributed by atoms with E-state index in [1.165, 1.54) is 0 Å². The molecule has 0 aliphatic heterocycles. The van der Waals surface area contributed by atoms with Crippen LogP contribution in [0.2, 0.25) is 0 Å². The maximum Gasteiger partial charge on any atom is 1.00 e. The summed E-state index contributed by atoms with van der Waals surface area (Å²) in [7, 11) is 0. The normalized spacial score (nSPS) is 9.60. The maximum absolute atomic E-state index is 13.1. The third-order valence-electron chi connectivity index (χ3n) is 5.09. The van der Waals surface area contributed by atoms with Gasteiger partial charge >= 0.3 is 154 Å². The number of nitrogens with one attached hydrogen (secondary N) is 3. The van der Waals surface area contributed by atoms with Crippen LogP contribution in [-0.4, -0.2) is 65.5 Å². The molecule has 3 aromatic heterocycles. The molecule has 0 aliphatic carbocycles. The van der Waals surface area contributed by atoms with Gasteiger partial charge in [-0.05, 0) is 18.2 Å². The summed E-state index contributed by atoms with van der Waals surface area (Å²) in [4.78, 5) is 95.0. The second-order valence-corrected chi connectivity index (χ2v) is 7.78. The van der Waals surface area contributed by atoms with Crippen molar-refractivity contribution in [3.8, 4) is 0 Å². The fourth-order valence-corrected chi connectivity index (χ4v) is 3.30. The van der Waals surface area contributed by atoms with E-state index in [9.17, 15) is 44.1 Å². The first-order valence-electron chi connectivity index (χ1n) is 11.2. The number of benzene rings is 1. The van der Waals surface area contributed by atoms with Gasteiger partial charge in [-0.3, -0.25) is 14.4 Å². The van der Waals surface area contributed by atoms with Gasteiger partial charge < -0.3 is 45.7 Å². The van der Waals surface area contributed by atoms with E-state index in [-0.39, 0.29) is 154 Å². The van der Waals surface area contributed by atoms with Crippen LogP contribution in [0, 0.1) is 0 Å². The largest absolute Gasteiger partial charge is 1.00 e. The van der Waals surface area contributed by atoms with Crippen LogP contribution in [0.3, 0.4) is 0 Å². The Morgan fingerprint density at radius 2 is 0.644 bits per heavy atom. The predicted octanol–water partition coefficient (Wildman–Crippen LogP) is -12.1. The van der Waals surface area contributed by atoms with Crippen molar-refractivity contribution in [1.82, 2.24) is 29.9 Å². The summed E-state index contributed by atoms with van der Waals surface area (Å²) in [6, 6.07) is 2.92. The number of amides is 3. The van der Waals surface area contributed by atoms with Crippen molar-refractivity contribution < 1.29 is 198 Å². The van der Waals surface area contributed by atoms with Crippen molar-refractivity contribution >= 4 is 53.1 Å². The number of carbonyl (C=O) groups is 6. The molecule has 21 heteroatoms. The van der Waals surface area contributed by atoms with E-state index in [2.05, 4.69) is 45.9 Å². The van der Waals surface area contributed by atoms with Crippen molar-refractivity contribution in [2.75, 3.05) is 16.0 Å². The van der Waals surface area contributed by atoms with E-state index in [1.807, 2.05) is 0 Å². The second kappa shape index (κ2) is 19.1. The molecule has 0 saturated carbocycles. The van der Waals surface area contributed by atoms with Crippen LogP contribution in [-0.2, 0) is 0 Å². The van der Waals surface area contributed by atoms with Crippen molar-refractivity contribution in [2.45, 2.75) is 0 Å². The molecule has 0 spiro atoms. The number of hydrogen-bond acceptors (Lipinski definition) is 15. The third kappa shape index (κ3) is 10.9. The van der Waals surface area contributed by atoms with Crippen molar-refractivity contribution in [3.05, 3.63) is 89.2 Å². The van der Waals surface area contributed by atoms with Crippen LogP contribution >= 0.6 is 0 Å². The number of anilines is 3. The van der Waals surface area contributed by atoms with Gasteiger partial charge in [0.25, 0.3) is 17.7 Å². The molecule has 210 valence electrons. The third-order valence-corrected chi connectivity index (χ3v) is 5.09. The number of aromatic nitrogens is 6. The number of carboxylic acids is 3. The summed E-state index contributed by atoms with van der Waals surface area (Å²) in [5.74, 6) is -10.0. The summed E-state index contributed by atoms with van der Waals surface area (Å²) in [6.45, 7) is 0. The Bertz CT molecular complexity index is 1580. The first-order valence-corrected chi connectivity index (χ1v) is 11.2. The number of aromatic carboxylic acids is 3. The Labute approximate surface area is 379 Å². The van der Waals surface area contributed by atoms with Gasteiger partial charge in [-0.25, -0.2) is 29.9 Å². The SMILES string of the molecule is O=C(Nc1nccnc1C(=O)[O-])c1cc(C(=O)Nc2nccnc2C(=O)[O-])cc(C(=O)Nc2nccnc2C(=O)[O-])c1.[K+].[K+].[K+]. The van der Waals surface area contributed by atoms with Gasteiger partial charge in [0.15, 0.2) is 17.5 Å². The van der Waals surface area contributed by atoms with E-state index in [4.69, 9.17) is 0 Å². The van der Waals surface area contributed by atoms with E-state index in [0.29, 0.717) is 0 Å². The molecule has 3 amide bonds. The van der Waals surface area contributed by atoms with Crippen LogP contribution < -0.4 is 185 Å². The van der Waals surface area contributed by atoms with Gasteiger partial charge in [0.05, 0.1) is 17.9 Å². The number of nitrogens with zero attached hydrogens (tertiary/aromatic N) is 6. The topological polar surface area (TPSA) is 285 Å². The number of hydrogen-bond donors (Lipinski definition) is 3. The minimum Gasteiger partial charge on any atom is -0.543 e. The molecule has 0 fully saturated rings. The van der Waals surface area contributed by atoms with Crippen molar-refractivity contribution in [1.29, 1.82) is 0 Å². The Balaban J connectivity index is 0.00000337. The van der Waals surface area contributed by atoms with Gasteiger partial charge in [-0.15, -0.1) is 0 Å². The number of carbonyl (C=O) groups excluding carboxylic acids is 6. The quantitative estimate of drug-likeness (QED) is 0.138. The maximum atomic E-state index is 13.1. The summed E-state index contributed by atoms with van der Waals surface area (Å²) in [5, 5.41) is 40.5. The molecule has 18 nitrogen and oxygen atoms in total. The first-order chi connectivity index (χ1) is 20.0. The average Bonchev–Trinajstić information content (AvgIpc) is 2.97. The zero-order valence-electron chi connectivity index (χ0n) is 23.6. The molecular formula is C24H12K3N9O9. The summed E-state index contributed by atoms with van der Waals surface area (Å²) >= 11 is 0. The summed E-state index contributed by atoms with van der Waals surface area (Å²) in [6.07, 6.45) is 6.35. The molecular weight excluding hydrogens is 676 g/mol. The van der Waals surface area contributed by atoms with Crippen molar-refractivity contribution in [2.24, 2.45) is 0 Å². The number of carboxylic acid groups (broad SMARTS) is 3. The summed E-state index contributed by atoms with van der Waals surface area (Å²) in [5.41, 5.74) is -3.35. The average molecular weight is 688 g/mol. The van der Waals surface area contributed by atoms with E-state index < -0.39 is 86.9 Å². The van der Waals surface area contributed by atoms with Crippen molar-refractivity contribution in [3.63, 3.8) is 0 Å². The molecule has 4 aromatic rings. The fraction of sp³-hybridized carbons (Fsp3) is 0. The molecule has 0 saturated heterocycles. The molecule has 0 aliphatic rings.